The summed E-state index contributed by atoms with van der Waals surface area (Å²) in [6.45, 7) is 2.38. The maximum atomic E-state index is 13.0. The summed E-state index contributed by atoms with van der Waals surface area (Å²) in [5, 5.41) is 10.8. The van der Waals surface area contributed by atoms with Gasteiger partial charge in [0.1, 0.15) is 10.8 Å². The maximum absolute atomic E-state index is 13.0. The molecule has 2 aromatic carbocycles. The van der Waals surface area contributed by atoms with Crippen molar-refractivity contribution < 1.29 is 9.13 Å². The molecule has 2 heterocycles. The fourth-order valence-corrected chi connectivity index (χ4v) is 4.15. The standard InChI is InChI=1S/C21H22FN3OS/c22-18-8-6-17(7-9-18)15-26-19-10-12-25(13-11-19)21-24-23-20(27-21)14-16-4-2-1-3-5-16/h1-9,19H,10-15H2. The van der Waals surface area contributed by atoms with Crippen LogP contribution < -0.4 is 4.90 Å². The average molecular weight is 383 g/mol. The van der Waals surface area contributed by atoms with Gasteiger partial charge in [-0.1, -0.05) is 53.8 Å². The molecule has 0 unspecified atom stereocenters. The second-order valence-electron chi connectivity index (χ2n) is 6.76. The molecule has 3 aromatic rings. The van der Waals surface area contributed by atoms with Gasteiger partial charge in [-0.15, -0.1) is 10.2 Å². The molecule has 6 heteroatoms. The van der Waals surface area contributed by atoms with Crippen LogP contribution in [0, 0.1) is 5.82 Å². The Bertz CT molecular complexity index is 845. The van der Waals surface area contributed by atoms with E-state index < -0.39 is 0 Å². The van der Waals surface area contributed by atoms with Gasteiger partial charge in [-0.2, -0.15) is 0 Å². The number of benzene rings is 2. The first kappa shape index (κ1) is 18.1. The van der Waals surface area contributed by atoms with E-state index in [0.29, 0.717) is 6.61 Å². The second-order valence-corrected chi connectivity index (χ2v) is 7.81. The maximum Gasteiger partial charge on any atom is 0.208 e. The van der Waals surface area contributed by atoms with Crippen molar-refractivity contribution in [2.24, 2.45) is 0 Å². The van der Waals surface area contributed by atoms with E-state index in [-0.39, 0.29) is 11.9 Å². The molecule has 1 aliphatic heterocycles. The number of piperidine rings is 1. The third kappa shape index (κ3) is 4.90. The summed E-state index contributed by atoms with van der Waals surface area (Å²) in [5.74, 6) is -0.212. The molecule has 140 valence electrons. The lowest BCUT2D eigenvalue weighted by Crippen LogP contribution is -2.36. The van der Waals surface area contributed by atoms with E-state index >= 15 is 0 Å². The predicted octanol–water partition coefficient (Wildman–Crippen LogP) is 4.45. The van der Waals surface area contributed by atoms with Crippen molar-refractivity contribution in [2.45, 2.75) is 32.0 Å². The van der Waals surface area contributed by atoms with Crippen LogP contribution in [-0.2, 0) is 17.8 Å². The molecule has 4 nitrogen and oxygen atoms in total. The number of hydrogen-bond acceptors (Lipinski definition) is 5. The van der Waals surface area contributed by atoms with Crippen LogP contribution in [0.3, 0.4) is 0 Å². The number of nitrogens with zero attached hydrogens (tertiary/aromatic N) is 3. The van der Waals surface area contributed by atoms with Gasteiger partial charge < -0.3 is 9.64 Å². The minimum Gasteiger partial charge on any atom is -0.373 e. The van der Waals surface area contributed by atoms with Gasteiger partial charge in [0.25, 0.3) is 0 Å². The lowest BCUT2D eigenvalue weighted by Gasteiger charge is -2.31. The number of hydrogen-bond donors (Lipinski definition) is 0. The Morgan fingerprint density at radius 1 is 0.963 bits per heavy atom. The zero-order valence-corrected chi connectivity index (χ0v) is 15.9. The highest BCUT2D eigenvalue weighted by molar-refractivity contribution is 7.15. The predicted molar refractivity (Wildman–Crippen MR) is 106 cm³/mol. The first-order valence-electron chi connectivity index (χ1n) is 9.23. The van der Waals surface area contributed by atoms with Gasteiger partial charge in [0.15, 0.2) is 0 Å². The van der Waals surface area contributed by atoms with Crippen molar-refractivity contribution in [2.75, 3.05) is 18.0 Å². The van der Waals surface area contributed by atoms with Gasteiger partial charge in [0, 0.05) is 19.5 Å². The molecule has 0 aliphatic carbocycles. The summed E-state index contributed by atoms with van der Waals surface area (Å²) < 4.78 is 18.9. The van der Waals surface area contributed by atoms with Crippen molar-refractivity contribution in [3.8, 4) is 0 Å². The van der Waals surface area contributed by atoms with Crippen LogP contribution >= 0.6 is 11.3 Å². The Kier molecular flexibility index (Phi) is 5.75. The Labute approximate surface area is 162 Å². The van der Waals surface area contributed by atoms with Crippen LogP contribution in [0.15, 0.2) is 54.6 Å². The molecule has 1 aliphatic rings. The van der Waals surface area contributed by atoms with Gasteiger partial charge in [-0.05, 0) is 36.1 Å². The van der Waals surface area contributed by atoms with E-state index in [1.807, 2.05) is 18.2 Å². The van der Waals surface area contributed by atoms with Gasteiger partial charge in [0.05, 0.1) is 12.7 Å². The van der Waals surface area contributed by atoms with Crippen LogP contribution in [0.1, 0.15) is 29.0 Å². The highest BCUT2D eigenvalue weighted by atomic mass is 32.1. The first-order valence-corrected chi connectivity index (χ1v) is 10.1. The number of anilines is 1. The zero-order chi connectivity index (χ0) is 18.5. The summed E-state index contributed by atoms with van der Waals surface area (Å²) >= 11 is 1.67. The molecule has 0 atom stereocenters. The monoisotopic (exact) mass is 383 g/mol. The van der Waals surface area contributed by atoms with E-state index in [2.05, 4.69) is 27.2 Å². The molecular weight excluding hydrogens is 361 g/mol. The SMILES string of the molecule is Fc1ccc(COC2CCN(c3nnc(Cc4ccccc4)s3)CC2)cc1. The molecule has 0 N–H and O–H groups in total. The fraction of sp³-hybridized carbons (Fsp3) is 0.333. The average Bonchev–Trinajstić information content (AvgIpc) is 3.17. The normalized spacial score (nSPS) is 15.2. The topological polar surface area (TPSA) is 38.2 Å². The van der Waals surface area contributed by atoms with Gasteiger partial charge in [-0.3, -0.25) is 0 Å². The molecule has 27 heavy (non-hydrogen) atoms. The molecule has 1 fully saturated rings. The Morgan fingerprint density at radius 3 is 2.44 bits per heavy atom. The molecule has 0 bridgehead atoms. The largest absolute Gasteiger partial charge is 0.373 e. The number of ether oxygens (including phenoxy) is 1. The molecule has 0 saturated carbocycles. The van der Waals surface area contributed by atoms with Crippen molar-refractivity contribution in [1.29, 1.82) is 0 Å². The molecule has 1 saturated heterocycles. The summed E-state index contributed by atoms with van der Waals surface area (Å²) in [7, 11) is 0. The highest BCUT2D eigenvalue weighted by Crippen LogP contribution is 2.26. The smallest absolute Gasteiger partial charge is 0.208 e. The zero-order valence-electron chi connectivity index (χ0n) is 15.1. The van der Waals surface area contributed by atoms with E-state index in [1.54, 1.807) is 23.5 Å². The molecular formula is C21H22FN3OS. The summed E-state index contributed by atoms with van der Waals surface area (Å²) in [5.41, 5.74) is 2.27. The summed E-state index contributed by atoms with van der Waals surface area (Å²) in [4.78, 5) is 2.30. The van der Waals surface area contributed by atoms with Crippen molar-refractivity contribution in [3.05, 3.63) is 76.5 Å². The van der Waals surface area contributed by atoms with Crippen molar-refractivity contribution >= 4 is 16.5 Å². The third-order valence-corrected chi connectivity index (χ3v) is 5.75. The van der Waals surface area contributed by atoms with Crippen LogP contribution in [-0.4, -0.2) is 29.4 Å². The third-order valence-electron chi connectivity index (χ3n) is 4.77. The van der Waals surface area contributed by atoms with Gasteiger partial charge in [0.2, 0.25) is 5.13 Å². The van der Waals surface area contributed by atoms with Gasteiger partial charge in [-0.25, -0.2) is 4.39 Å². The molecule has 1 aromatic heterocycles. The Morgan fingerprint density at radius 2 is 1.70 bits per heavy atom. The lowest BCUT2D eigenvalue weighted by atomic mass is 10.1. The number of halogens is 1. The minimum atomic E-state index is -0.212. The van der Waals surface area contributed by atoms with Crippen LogP contribution in [0.4, 0.5) is 9.52 Å². The quantitative estimate of drug-likeness (QED) is 0.630. The molecule has 4 rings (SSSR count). The first-order chi connectivity index (χ1) is 13.3. The minimum absolute atomic E-state index is 0.212. The highest BCUT2D eigenvalue weighted by Gasteiger charge is 2.22. The summed E-state index contributed by atoms with van der Waals surface area (Å²) in [6, 6.07) is 16.9. The number of rotatable bonds is 6. The van der Waals surface area contributed by atoms with Crippen molar-refractivity contribution in [3.63, 3.8) is 0 Å². The van der Waals surface area contributed by atoms with Crippen LogP contribution in [0.25, 0.3) is 0 Å². The fourth-order valence-electron chi connectivity index (χ4n) is 3.22. The van der Waals surface area contributed by atoms with E-state index in [1.165, 1.54) is 17.7 Å². The van der Waals surface area contributed by atoms with Gasteiger partial charge >= 0.3 is 0 Å². The van der Waals surface area contributed by atoms with Crippen LogP contribution in [0.2, 0.25) is 0 Å². The van der Waals surface area contributed by atoms with Crippen LogP contribution in [0.5, 0.6) is 0 Å². The van der Waals surface area contributed by atoms with E-state index in [9.17, 15) is 4.39 Å². The Hall–Kier alpha value is -2.31. The summed E-state index contributed by atoms with van der Waals surface area (Å²) in [6.07, 6.45) is 3.00. The molecule has 0 spiro atoms. The van der Waals surface area contributed by atoms with E-state index in [4.69, 9.17) is 4.74 Å². The van der Waals surface area contributed by atoms with Crippen molar-refractivity contribution in [1.82, 2.24) is 10.2 Å². The Balaban J connectivity index is 1.26. The number of aromatic nitrogens is 2. The second kappa shape index (κ2) is 8.59. The molecule has 0 radical (unpaired) electrons. The van der Waals surface area contributed by atoms with E-state index in [0.717, 1.165) is 48.1 Å². The lowest BCUT2D eigenvalue weighted by molar-refractivity contribution is 0.0251. The molecule has 0 amide bonds.